The van der Waals surface area contributed by atoms with Crippen molar-refractivity contribution in [2.45, 2.75) is 32.5 Å². The van der Waals surface area contributed by atoms with Gasteiger partial charge in [0, 0.05) is 13.1 Å². The van der Waals surface area contributed by atoms with Crippen molar-refractivity contribution >= 4 is 10.1 Å². The Kier molecular flexibility index (Phi) is 7.09. The molecule has 0 saturated carbocycles. The molecule has 0 aromatic carbocycles. The van der Waals surface area contributed by atoms with Gasteiger partial charge in [0.25, 0.3) is 10.1 Å². The monoisotopic (exact) mass is 255 g/mol. The maximum absolute atomic E-state index is 10.5. The second kappa shape index (κ2) is 7.18. The van der Waals surface area contributed by atoms with Gasteiger partial charge in [-0.05, 0) is 26.8 Å². The van der Waals surface area contributed by atoms with E-state index in [0.29, 0.717) is 19.6 Å². The quantitative estimate of drug-likeness (QED) is 0.498. The molecule has 98 valence electrons. The standard InChI is InChI=1S/C9H21NO5S/c1-8(11)6-10(7-9(2)12)4-3-5-16(13,14)15/h8-9,11-12H,3-7H2,1-2H3,(H,13,14,15). The van der Waals surface area contributed by atoms with Crippen molar-refractivity contribution < 1.29 is 23.2 Å². The Balaban J connectivity index is 4.01. The van der Waals surface area contributed by atoms with Gasteiger partial charge in [-0.15, -0.1) is 0 Å². The first-order valence-electron chi connectivity index (χ1n) is 5.24. The number of hydrogen-bond acceptors (Lipinski definition) is 5. The van der Waals surface area contributed by atoms with E-state index < -0.39 is 22.3 Å². The van der Waals surface area contributed by atoms with Gasteiger partial charge in [0.05, 0.1) is 18.0 Å². The lowest BCUT2D eigenvalue weighted by Crippen LogP contribution is -2.37. The summed E-state index contributed by atoms with van der Waals surface area (Å²) in [6.07, 6.45) is -0.799. The minimum Gasteiger partial charge on any atom is -0.392 e. The predicted molar refractivity (Wildman–Crippen MR) is 60.8 cm³/mol. The lowest BCUT2D eigenvalue weighted by atomic mass is 10.3. The van der Waals surface area contributed by atoms with Crippen LogP contribution in [0.4, 0.5) is 0 Å². The Morgan fingerprint density at radius 3 is 1.88 bits per heavy atom. The number of rotatable bonds is 8. The molecule has 2 atom stereocenters. The van der Waals surface area contributed by atoms with E-state index in [9.17, 15) is 18.6 Å². The van der Waals surface area contributed by atoms with Crippen molar-refractivity contribution in [2.75, 3.05) is 25.4 Å². The molecule has 0 aromatic heterocycles. The molecule has 0 bridgehead atoms. The molecule has 0 heterocycles. The molecule has 0 aliphatic heterocycles. The molecule has 0 aliphatic carbocycles. The molecule has 0 rings (SSSR count). The van der Waals surface area contributed by atoms with E-state index >= 15 is 0 Å². The molecule has 0 fully saturated rings. The zero-order chi connectivity index (χ0) is 12.8. The summed E-state index contributed by atoms with van der Waals surface area (Å²) in [7, 11) is -3.93. The van der Waals surface area contributed by atoms with Crippen molar-refractivity contribution in [3.63, 3.8) is 0 Å². The maximum Gasteiger partial charge on any atom is 0.264 e. The van der Waals surface area contributed by atoms with Gasteiger partial charge in [-0.2, -0.15) is 8.42 Å². The van der Waals surface area contributed by atoms with Crippen molar-refractivity contribution in [1.82, 2.24) is 4.90 Å². The van der Waals surface area contributed by atoms with Crippen molar-refractivity contribution in [3.05, 3.63) is 0 Å². The van der Waals surface area contributed by atoms with E-state index in [0.717, 1.165) is 0 Å². The second-order valence-corrected chi connectivity index (χ2v) is 5.67. The van der Waals surface area contributed by atoms with Crippen LogP contribution in [-0.2, 0) is 10.1 Å². The highest BCUT2D eigenvalue weighted by atomic mass is 32.2. The van der Waals surface area contributed by atoms with Crippen LogP contribution in [0.3, 0.4) is 0 Å². The molecule has 0 aliphatic rings. The van der Waals surface area contributed by atoms with E-state index in [4.69, 9.17) is 4.55 Å². The Morgan fingerprint density at radius 2 is 1.56 bits per heavy atom. The molecule has 2 unspecified atom stereocenters. The normalized spacial score (nSPS) is 16.4. The lowest BCUT2D eigenvalue weighted by molar-refractivity contribution is 0.0838. The summed E-state index contributed by atoms with van der Waals surface area (Å²) in [5.74, 6) is -0.302. The fourth-order valence-corrected chi connectivity index (χ4v) is 1.97. The lowest BCUT2D eigenvalue weighted by Gasteiger charge is -2.24. The van der Waals surface area contributed by atoms with E-state index in [1.807, 2.05) is 0 Å². The van der Waals surface area contributed by atoms with E-state index in [1.165, 1.54) is 0 Å². The zero-order valence-corrected chi connectivity index (χ0v) is 10.5. The third-order valence-corrected chi connectivity index (χ3v) is 2.73. The molecule has 0 radical (unpaired) electrons. The Hall–Kier alpha value is -0.210. The molecule has 7 heteroatoms. The summed E-state index contributed by atoms with van der Waals surface area (Å²) in [5, 5.41) is 18.4. The highest BCUT2D eigenvalue weighted by Crippen LogP contribution is 1.99. The molecule has 0 saturated heterocycles. The molecule has 6 nitrogen and oxygen atoms in total. The van der Waals surface area contributed by atoms with E-state index in [-0.39, 0.29) is 12.2 Å². The van der Waals surface area contributed by atoms with Crippen LogP contribution in [0.25, 0.3) is 0 Å². The van der Waals surface area contributed by atoms with Gasteiger partial charge >= 0.3 is 0 Å². The molecule has 0 spiro atoms. The number of aliphatic hydroxyl groups excluding tert-OH is 2. The van der Waals surface area contributed by atoms with Gasteiger partial charge in [-0.25, -0.2) is 0 Å². The van der Waals surface area contributed by atoms with Crippen LogP contribution < -0.4 is 0 Å². The third-order valence-electron chi connectivity index (χ3n) is 1.92. The van der Waals surface area contributed by atoms with Crippen LogP contribution in [0.1, 0.15) is 20.3 Å². The zero-order valence-electron chi connectivity index (χ0n) is 9.70. The second-order valence-electron chi connectivity index (χ2n) is 4.10. The van der Waals surface area contributed by atoms with Crippen molar-refractivity contribution in [1.29, 1.82) is 0 Å². The molecule has 0 amide bonds. The van der Waals surface area contributed by atoms with Crippen LogP contribution >= 0.6 is 0 Å². The Bertz CT molecular complexity index is 266. The summed E-state index contributed by atoms with van der Waals surface area (Å²) >= 11 is 0. The van der Waals surface area contributed by atoms with Gasteiger partial charge in [0.15, 0.2) is 0 Å². The summed E-state index contributed by atoms with van der Waals surface area (Å²) in [5.41, 5.74) is 0. The molecule has 16 heavy (non-hydrogen) atoms. The van der Waals surface area contributed by atoms with Gasteiger partial charge < -0.3 is 10.2 Å². The summed E-state index contributed by atoms with van der Waals surface area (Å²) in [6, 6.07) is 0. The van der Waals surface area contributed by atoms with Gasteiger partial charge in [0.2, 0.25) is 0 Å². The summed E-state index contributed by atoms with van der Waals surface area (Å²) in [6.45, 7) is 4.40. The first-order valence-corrected chi connectivity index (χ1v) is 6.85. The molecular weight excluding hydrogens is 234 g/mol. The highest BCUT2D eigenvalue weighted by molar-refractivity contribution is 7.85. The average Bonchev–Trinajstić information content (AvgIpc) is 1.98. The van der Waals surface area contributed by atoms with Crippen molar-refractivity contribution in [3.8, 4) is 0 Å². The van der Waals surface area contributed by atoms with Crippen LogP contribution in [0.2, 0.25) is 0 Å². The number of nitrogens with zero attached hydrogens (tertiary/aromatic N) is 1. The summed E-state index contributed by atoms with van der Waals surface area (Å²) < 4.78 is 29.5. The first kappa shape index (κ1) is 15.8. The van der Waals surface area contributed by atoms with Crippen molar-refractivity contribution in [2.24, 2.45) is 0 Å². The van der Waals surface area contributed by atoms with E-state index in [2.05, 4.69) is 0 Å². The topological polar surface area (TPSA) is 98.1 Å². The smallest absolute Gasteiger partial charge is 0.264 e. The highest BCUT2D eigenvalue weighted by Gasteiger charge is 2.12. The largest absolute Gasteiger partial charge is 0.392 e. The first-order chi connectivity index (χ1) is 7.20. The predicted octanol–water partition coefficient (Wildman–Crippen LogP) is -0.672. The van der Waals surface area contributed by atoms with Gasteiger partial charge in [-0.1, -0.05) is 0 Å². The minimum atomic E-state index is -3.93. The molecule has 3 N–H and O–H groups in total. The molecule has 0 aromatic rings. The fraction of sp³-hybridized carbons (Fsp3) is 1.00. The summed E-state index contributed by atoms with van der Waals surface area (Å²) in [4.78, 5) is 1.76. The minimum absolute atomic E-state index is 0.276. The van der Waals surface area contributed by atoms with Gasteiger partial charge in [-0.3, -0.25) is 9.45 Å². The molecular formula is C9H21NO5S. The fourth-order valence-electron chi connectivity index (χ4n) is 1.48. The number of aliphatic hydroxyl groups is 2. The maximum atomic E-state index is 10.5. The average molecular weight is 255 g/mol. The number of hydrogen-bond donors (Lipinski definition) is 3. The Morgan fingerprint density at radius 1 is 1.12 bits per heavy atom. The van der Waals surface area contributed by atoms with Gasteiger partial charge in [0.1, 0.15) is 0 Å². The SMILES string of the molecule is CC(O)CN(CCCS(=O)(=O)O)CC(C)O. The van der Waals surface area contributed by atoms with Crippen LogP contribution in [-0.4, -0.2) is 65.7 Å². The Labute approximate surface area is 96.6 Å². The van der Waals surface area contributed by atoms with Crippen LogP contribution in [0, 0.1) is 0 Å². The van der Waals surface area contributed by atoms with Crippen LogP contribution in [0.5, 0.6) is 0 Å². The van der Waals surface area contributed by atoms with Crippen LogP contribution in [0.15, 0.2) is 0 Å². The third kappa shape index (κ3) is 10.3. The van der Waals surface area contributed by atoms with E-state index in [1.54, 1.807) is 18.7 Å².